The summed E-state index contributed by atoms with van der Waals surface area (Å²) in [6.45, 7) is 7.94. The maximum absolute atomic E-state index is 11.5. The van der Waals surface area contributed by atoms with E-state index in [4.69, 9.17) is 4.18 Å². The minimum atomic E-state index is -3.29. The van der Waals surface area contributed by atoms with Crippen LogP contribution in [0, 0.1) is 11.8 Å². The average Bonchev–Trinajstić information content (AvgIpc) is 2.37. The summed E-state index contributed by atoms with van der Waals surface area (Å²) in [4.78, 5) is 0. The van der Waals surface area contributed by atoms with Crippen LogP contribution in [0.1, 0.15) is 40.5 Å². The van der Waals surface area contributed by atoms with Gasteiger partial charge in [0.25, 0.3) is 10.1 Å². The van der Waals surface area contributed by atoms with E-state index in [1.165, 1.54) is 0 Å². The third-order valence-electron chi connectivity index (χ3n) is 3.39. The summed E-state index contributed by atoms with van der Waals surface area (Å²) < 4.78 is 28.2. The van der Waals surface area contributed by atoms with E-state index in [1.807, 2.05) is 6.92 Å². The van der Waals surface area contributed by atoms with Gasteiger partial charge in [0.05, 0.1) is 11.4 Å². The summed E-state index contributed by atoms with van der Waals surface area (Å²) in [5.41, 5.74) is 0. The van der Waals surface area contributed by atoms with Crippen LogP contribution in [0.5, 0.6) is 0 Å². The Morgan fingerprint density at radius 2 is 1.93 bits per heavy atom. The summed E-state index contributed by atoms with van der Waals surface area (Å²) in [6, 6.07) is 0. The molecule has 14 heavy (non-hydrogen) atoms. The van der Waals surface area contributed by atoms with Crippen molar-refractivity contribution < 1.29 is 12.6 Å². The minimum Gasteiger partial charge on any atom is -0.266 e. The van der Waals surface area contributed by atoms with Crippen molar-refractivity contribution in [1.29, 1.82) is 0 Å². The summed E-state index contributed by atoms with van der Waals surface area (Å²) >= 11 is 0. The molecule has 0 aliphatic carbocycles. The zero-order chi connectivity index (χ0) is 10.9. The summed E-state index contributed by atoms with van der Waals surface area (Å²) in [5, 5.41) is -0.345. The van der Waals surface area contributed by atoms with Gasteiger partial charge in [0.2, 0.25) is 0 Å². The van der Waals surface area contributed by atoms with Crippen molar-refractivity contribution in [2.45, 2.75) is 51.9 Å². The van der Waals surface area contributed by atoms with E-state index < -0.39 is 10.1 Å². The first kappa shape index (κ1) is 12.0. The summed E-state index contributed by atoms with van der Waals surface area (Å²) in [7, 11) is -3.29. The van der Waals surface area contributed by atoms with Gasteiger partial charge in [-0.3, -0.25) is 4.18 Å². The van der Waals surface area contributed by atoms with Crippen molar-refractivity contribution in [3.63, 3.8) is 0 Å². The van der Waals surface area contributed by atoms with Gasteiger partial charge < -0.3 is 0 Å². The fourth-order valence-electron chi connectivity index (χ4n) is 2.26. The lowest BCUT2D eigenvalue weighted by atomic mass is 9.84. The van der Waals surface area contributed by atoms with Gasteiger partial charge in [-0.2, -0.15) is 8.42 Å². The maximum atomic E-state index is 11.5. The van der Waals surface area contributed by atoms with Gasteiger partial charge in [-0.15, -0.1) is 0 Å². The van der Waals surface area contributed by atoms with Crippen LogP contribution in [0.25, 0.3) is 0 Å². The van der Waals surface area contributed by atoms with Gasteiger partial charge in [0, 0.05) is 5.92 Å². The molecule has 0 radical (unpaired) electrons. The van der Waals surface area contributed by atoms with Gasteiger partial charge in [-0.1, -0.05) is 27.2 Å². The third kappa shape index (κ3) is 1.96. The number of rotatable bonds is 3. The molecular weight excluding hydrogens is 200 g/mol. The molecule has 0 saturated carbocycles. The van der Waals surface area contributed by atoms with E-state index in [2.05, 4.69) is 13.8 Å². The predicted octanol–water partition coefficient (Wildman–Crippen LogP) is 2.18. The SMILES string of the molecule is CCC(C)C1C(CC)OS(=O)(=O)C1C. The standard InChI is InChI=1S/C10H20O3S/c1-5-7(3)10-8(4)14(11,12)13-9(10)6-2/h7-10H,5-6H2,1-4H3. The molecule has 0 aromatic rings. The Kier molecular flexibility index (Phi) is 3.58. The molecule has 0 spiro atoms. The van der Waals surface area contributed by atoms with Crippen LogP contribution < -0.4 is 0 Å². The fourth-order valence-corrected chi connectivity index (χ4v) is 3.87. The molecule has 4 unspecified atom stereocenters. The van der Waals surface area contributed by atoms with Crippen LogP contribution in [-0.4, -0.2) is 19.8 Å². The minimum absolute atomic E-state index is 0.107. The second-order valence-corrected chi connectivity index (χ2v) is 6.13. The highest BCUT2D eigenvalue weighted by Gasteiger charge is 2.46. The van der Waals surface area contributed by atoms with Crippen molar-refractivity contribution in [3.8, 4) is 0 Å². The molecule has 3 nitrogen and oxygen atoms in total. The van der Waals surface area contributed by atoms with E-state index in [-0.39, 0.29) is 17.3 Å². The molecule has 1 saturated heterocycles. The topological polar surface area (TPSA) is 43.4 Å². The molecule has 4 heteroatoms. The zero-order valence-electron chi connectivity index (χ0n) is 9.36. The van der Waals surface area contributed by atoms with E-state index >= 15 is 0 Å². The van der Waals surface area contributed by atoms with E-state index in [0.717, 1.165) is 12.8 Å². The Labute approximate surface area is 87.0 Å². The van der Waals surface area contributed by atoms with Crippen molar-refractivity contribution in [2.75, 3.05) is 0 Å². The van der Waals surface area contributed by atoms with Crippen molar-refractivity contribution in [2.24, 2.45) is 11.8 Å². The fraction of sp³-hybridized carbons (Fsp3) is 1.00. The van der Waals surface area contributed by atoms with Crippen LogP contribution in [0.2, 0.25) is 0 Å². The van der Waals surface area contributed by atoms with Gasteiger partial charge in [-0.25, -0.2) is 0 Å². The van der Waals surface area contributed by atoms with Gasteiger partial charge in [-0.05, 0) is 19.3 Å². The second kappa shape index (κ2) is 4.19. The van der Waals surface area contributed by atoms with E-state index in [1.54, 1.807) is 6.92 Å². The van der Waals surface area contributed by atoms with E-state index in [0.29, 0.717) is 5.92 Å². The monoisotopic (exact) mass is 220 g/mol. The third-order valence-corrected chi connectivity index (χ3v) is 5.13. The smallest absolute Gasteiger partial charge is 0.266 e. The number of hydrogen-bond donors (Lipinski definition) is 0. The van der Waals surface area contributed by atoms with Crippen LogP contribution in [-0.2, 0) is 14.3 Å². The largest absolute Gasteiger partial charge is 0.270 e. The summed E-state index contributed by atoms with van der Waals surface area (Å²) in [6.07, 6.45) is 1.67. The first-order valence-electron chi connectivity index (χ1n) is 5.36. The van der Waals surface area contributed by atoms with Gasteiger partial charge in [0.15, 0.2) is 0 Å². The van der Waals surface area contributed by atoms with Crippen molar-refractivity contribution in [1.82, 2.24) is 0 Å². The van der Waals surface area contributed by atoms with Crippen molar-refractivity contribution in [3.05, 3.63) is 0 Å². The van der Waals surface area contributed by atoms with Crippen LogP contribution >= 0.6 is 0 Å². The van der Waals surface area contributed by atoms with Gasteiger partial charge in [0.1, 0.15) is 0 Å². The predicted molar refractivity (Wildman–Crippen MR) is 56.5 cm³/mol. The molecule has 1 heterocycles. The highest BCUT2D eigenvalue weighted by molar-refractivity contribution is 7.87. The Morgan fingerprint density at radius 1 is 1.36 bits per heavy atom. The molecule has 1 aliphatic rings. The number of hydrogen-bond acceptors (Lipinski definition) is 3. The highest BCUT2D eigenvalue weighted by Crippen LogP contribution is 2.37. The molecule has 0 aromatic carbocycles. The first-order chi connectivity index (χ1) is 6.44. The second-order valence-electron chi connectivity index (χ2n) is 4.20. The van der Waals surface area contributed by atoms with Crippen LogP contribution in [0.15, 0.2) is 0 Å². The molecule has 0 aromatic heterocycles. The Hall–Kier alpha value is -0.0900. The molecule has 1 aliphatic heterocycles. The Bertz CT molecular complexity index is 284. The normalized spacial score (nSPS) is 38.4. The highest BCUT2D eigenvalue weighted by atomic mass is 32.2. The molecular formula is C10H20O3S. The maximum Gasteiger partial charge on any atom is 0.270 e. The molecule has 1 rings (SSSR count). The molecule has 84 valence electrons. The lowest BCUT2D eigenvalue weighted by molar-refractivity contribution is 0.141. The Morgan fingerprint density at radius 3 is 2.36 bits per heavy atom. The lowest BCUT2D eigenvalue weighted by Crippen LogP contribution is -2.28. The molecule has 4 atom stereocenters. The first-order valence-corrected chi connectivity index (χ1v) is 6.83. The van der Waals surface area contributed by atoms with Crippen LogP contribution in [0.4, 0.5) is 0 Å². The summed E-state index contributed by atoms with van der Waals surface area (Å²) in [5.74, 6) is 0.572. The Balaban J connectivity index is 2.92. The van der Waals surface area contributed by atoms with Crippen LogP contribution in [0.3, 0.4) is 0 Å². The quantitative estimate of drug-likeness (QED) is 0.685. The zero-order valence-corrected chi connectivity index (χ0v) is 10.2. The average molecular weight is 220 g/mol. The lowest BCUT2D eigenvalue weighted by Gasteiger charge is -2.23. The molecule has 0 bridgehead atoms. The van der Waals surface area contributed by atoms with Crippen molar-refractivity contribution >= 4 is 10.1 Å². The molecule has 1 fully saturated rings. The van der Waals surface area contributed by atoms with Gasteiger partial charge >= 0.3 is 0 Å². The molecule has 0 amide bonds. The molecule has 0 N–H and O–H groups in total. The van der Waals surface area contributed by atoms with E-state index in [9.17, 15) is 8.42 Å².